The number of pyridine rings is 1. The van der Waals surface area contributed by atoms with Crippen molar-refractivity contribution in [3.8, 4) is 17.0 Å². The average Bonchev–Trinajstić information content (AvgIpc) is 3.08. The Morgan fingerprint density at radius 2 is 1.45 bits per heavy atom. The highest BCUT2D eigenvalue weighted by Crippen LogP contribution is 2.56. The summed E-state index contributed by atoms with van der Waals surface area (Å²) in [4.78, 5) is 0. The van der Waals surface area contributed by atoms with Crippen molar-refractivity contribution in [3.63, 3.8) is 0 Å². The first kappa shape index (κ1) is 17.6. The van der Waals surface area contributed by atoms with Crippen LogP contribution >= 0.6 is 0 Å². The molecule has 0 fully saturated rings. The first-order valence-electron chi connectivity index (χ1n) is 11.6. The van der Waals surface area contributed by atoms with Gasteiger partial charge in [0.05, 0.1) is 10.9 Å². The molecule has 0 amide bonds. The Bertz CT molecular complexity index is 1840. The number of aromatic nitrogens is 1. The lowest BCUT2D eigenvalue weighted by molar-refractivity contribution is -0.716. The van der Waals surface area contributed by atoms with E-state index in [2.05, 4.69) is 103 Å². The third-order valence-electron chi connectivity index (χ3n) is 7.89. The number of hydrogen-bond donors (Lipinski definition) is 0. The number of hydrogen-bond acceptors (Lipinski definition) is 1. The van der Waals surface area contributed by atoms with E-state index in [0.29, 0.717) is 6.73 Å². The molecule has 2 heteroatoms. The maximum absolute atomic E-state index is 6.54. The summed E-state index contributed by atoms with van der Waals surface area (Å²) in [5.74, 6) is 1.04. The van der Waals surface area contributed by atoms with Gasteiger partial charge in [-0.2, -0.15) is 4.57 Å². The summed E-state index contributed by atoms with van der Waals surface area (Å²) in [6.45, 7) is 5.28. The zero-order valence-electron chi connectivity index (χ0n) is 18.6. The Hall–Kier alpha value is -3.91. The monoisotopic (exact) mass is 424 g/mol. The third kappa shape index (κ3) is 2.07. The van der Waals surface area contributed by atoms with Crippen LogP contribution in [0.4, 0.5) is 0 Å². The van der Waals surface area contributed by atoms with E-state index < -0.39 is 0 Å². The fourth-order valence-corrected chi connectivity index (χ4v) is 6.35. The third-order valence-corrected chi connectivity index (χ3v) is 7.89. The molecule has 0 spiro atoms. The Kier molecular flexibility index (Phi) is 3.05. The van der Waals surface area contributed by atoms with E-state index in [1.54, 1.807) is 0 Å². The molecule has 0 N–H and O–H groups in total. The van der Waals surface area contributed by atoms with Crippen LogP contribution < -0.4 is 9.30 Å². The van der Waals surface area contributed by atoms with Gasteiger partial charge in [-0.1, -0.05) is 74.5 Å². The van der Waals surface area contributed by atoms with Crippen molar-refractivity contribution in [3.05, 3.63) is 96.2 Å². The van der Waals surface area contributed by atoms with Gasteiger partial charge in [-0.3, -0.25) is 0 Å². The zero-order valence-corrected chi connectivity index (χ0v) is 18.6. The zero-order chi connectivity index (χ0) is 21.9. The van der Waals surface area contributed by atoms with Gasteiger partial charge in [-0.25, -0.2) is 0 Å². The molecule has 8 rings (SSSR count). The van der Waals surface area contributed by atoms with Crippen LogP contribution in [0.15, 0.2) is 85.1 Å². The number of ether oxygens (including phenoxy) is 1. The highest BCUT2D eigenvalue weighted by Gasteiger charge is 2.47. The smallest absolute Gasteiger partial charge is 0.292 e. The second-order valence-electron chi connectivity index (χ2n) is 10.0. The molecular formula is C31H22NO+. The predicted molar refractivity (Wildman–Crippen MR) is 135 cm³/mol. The number of nitrogens with zero attached hydrogens (tertiary/aromatic N) is 1. The maximum atomic E-state index is 6.54. The molecule has 2 aliphatic rings. The topological polar surface area (TPSA) is 13.1 Å². The van der Waals surface area contributed by atoms with E-state index in [1.807, 2.05) is 0 Å². The van der Waals surface area contributed by atoms with Crippen molar-refractivity contribution in [2.24, 2.45) is 0 Å². The Morgan fingerprint density at radius 3 is 2.30 bits per heavy atom. The van der Waals surface area contributed by atoms with Crippen LogP contribution in [-0.4, -0.2) is 0 Å². The van der Waals surface area contributed by atoms with E-state index in [1.165, 1.54) is 65.5 Å². The SMILES string of the molecule is CC1(C)c2cc3cc4ccccc4cc3c3c2-c2c1c1ccc4ccccc4c1c[n+]2CO3. The largest absolute Gasteiger partial charge is 0.434 e. The molecule has 1 aromatic heterocycles. The van der Waals surface area contributed by atoms with Crippen molar-refractivity contribution in [1.82, 2.24) is 0 Å². The molecule has 0 saturated heterocycles. The Balaban J connectivity index is 1.56. The molecule has 1 aliphatic heterocycles. The van der Waals surface area contributed by atoms with Crippen molar-refractivity contribution in [1.29, 1.82) is 0 Å². The lowest BCUT2D eigenvalue weighted by atomic mass is 9.79. The fourth-order valence-electron chi connectivity index (χ4n) is 6.35. The van der Waals surface area contributed by atoms with Crippen molar-refractivity contribution < 1.29 is 9.30 Å². The van der Waals surface area contributed by atoms with Crippen LogP contribution in [0.3, 0.4) is 0 Å². The minimum absolute atomic E-state index is 0.114. The molecule has 0 bridgehead atoms. The Morgan fingerprint density at radius 1 is 0.697 bits per heavy atom. The van der Waals surface area contributed by atoms with Crippen LogP contribution in [0.1, 0.15) is 25.0 Å². The number of benzene rings is 5. The van der Waals surface area contributed by atoms with E-state index in [9.17, 15) is 0 Å². The predicted octanol–water partition coefficient (Wildman–Crippen LogP) is 7.24. The van der Waals surface area contributed by atoms with Crippen molar-refractivity contribution in [2.45, 2.75) is 26.0 Å². The Labute approximate surface area is 191 Å². The highest BCUT2D eigenvalue weighted by atomic mass is 16.5. The molecule has 0 saturated carbocycles. The average molecular weight is 425 g/mol. The van der Waals surface area contributed by atoms with Gasteiger partial charge in [-0.15, -0.1) is 0 Å². The molecule has 2 heterocycles. The lowest BCUT2D eigenvalue weighted by Gasteiger charge is -2.22. The highest BCUT2D eigenvalue weighted by molar-refractivity contribution is 6.12. The quantitative estimate of drug-likeness (QED) is 0.142. The summed E-state index contributed by atoms with van der Waals surface area (Å²) in [5.41, 5.74) is 5.28. The van der Waals surface area contributed by atoms with Gasteiger partial charge >= 0.3 is 0 Å². The fraction of sp³-hybridized carbons (Fsp3) is 0.129. The van der Waals surface area contributed by atoms with Crippen LogP contribution in [-0.2, 0) is 12.1 Å². The first-order chi connectivity index (χ1) is 16.1. The molecule has 0 unspecified atom stereocenters. The van der Waals surface area contributed by atoms with Gasteiger partial charge < -0.3 is 4.74 Å². The molecule has 5 aromatic carbocycles. The molecule has 0 radical (unpaired) electrons. The van der Waals surface area contributed by atoms with E-state index in [-0.39, 0.29) is 5.41 Å². The molecule has 6 aromatic rings. The molecule has 33 heavy (non-hydrogen) atoms. The van der Waals surface area contributed by atoms with E-state index in [4.69, 9.17) is 4.74 Å². The second-order valence-corrected chi connectivity index (χ2v) is 10.0. The summed E-state index contributed by atoms with van der Waals surface area (Å²) in [7, 11) is 0. The summed E-state index contributed by atoms with van der Waals surface area (Å²) < 4.78 is 8.87. The second kappa shape index (κ2) is 5.71. The van der Waals surface area contributed by atoms with Crippen LogP contribution in [0.2, 0.25) is 0 Å². The van der Waals surface area contributed by atoms with Gasteiger partial charge in [0.25, 0.3) is 6.73 Å². The molecule has 156 valence electrons. The molecule has 2 nitrogen and oxygen atoms in total. The van der Waals surface area contributed by atoms with Crippen LogP contribution in [0.5, 0.6) is 5.75 Å². The van der Waals surface area contributed by atoms with E-state index in [0.717, 1.165) is 5.75 Å². The van der Waals surface area contributed by atoms with Crippen molar-refractivity contribution in [2.75, 3.05) is 0 Å². The van der Waals surface area contributed by atoms with Crippen LogP contribution in [0.25, 0.3) is 54.3 Å². The van der Waals surface area contributed by atoms with Gasteiger partial charge in [0, 0.05) is 16.4 Å². The molecule has 1 aliphatic carbocycles. The minimum Gasteiger partial charge on any atom is -0.434 e. The number of rotatable bonds is 0. The van der Waals surface area contributed by atoms with Gasteiger partial charge in [-0.05, 0) is 56.1 Å². The summed E-state index contributed by atoms with van der Waals surface area (Å²) in [6.07, 6.45) is 2.30. The molecule has 0 atom stereocenters. The summed E-state index contributed by atoms with van der Waals surface area (Å²) in [5, 5.41) is 10.2. The number of fused-ring (bicyclic) bond motifs is 7. The standard InChI is InChI=1S/C31H22NO/c1-31(2)26-15-21-13-19-8-3-4-9-20(19)14-24(21)30-27(26)29-28(31)23-12-11-18-7-5-6-10-22(18)25(23)16-32(29)17-33-30/h3-16H,17H2,1-2H3/q+1. The van der Waals surface area contributed by atoms with Gasteiger partial charge in [0.1, 0.15) is 5.75 Å². The van der Waals surface area contributed by atoms with E-state index >= 15 is 0 Å². The maximum Gasteiger partial charge on any atom is 0.292 e. The summed E-state index contributed by atoms with van der Waals surface area (Å²) in [6, 6.07) is 28.9. The summed E-state index contributed by atoms with van der Waals surface area (Å²) >= 11 is 0. The minimum atomic E-state index is -0.114. The van der Waals surface area contributed by atoms with Gasteiger partial charge in [0.15, 0.2) is 6.20 Å². The van der Waals surface area contributed by atoms with Crippen LogP contribution in [0, 0.1) is 0 Å². The lowest BCUT2D eigenvalue weighted by Crippen LogP contribution is -2.42. The normalized spacial score (nSPS) is 15.3. The first-order valence-corrected chi connectivity index (χ1v) is 11.6. The van der Waals surface area contributed by atoms with Crippen molar-refractivity contribution >= 4 is 43.1 Å². The molecular weight excluding hydrogens is 402 g/mol. The van der Waals surface area contributed by atoms with Gasteiger partial charge in [0.2, 0.25) is 5.69 Å².